The van der Waals surface area contributed by atoms with Gasteiger partial charge in [-0.05, 0) is 18.4 Å². The van der Waals surface area contributed by atoms with Crippen molar-refractivity contribution in [2.24, 2.45) is 4.99 Å². The Morgan fingerprint density at radius 1 is 1.14 bits per heavy atom. The van der Waals surface area contributed by atoms with Crippen LogP contribution in [-0.4, -0.2) is 81.0 Å². The standard InChI is InChI=1S/C18H23F3N2O4S/c1-23(2)16-22-11-12(24)13(25)14(27-15(11)28-16)17(26,18(19,20)21)9-8-10-6-4-3-5-7-10/h3-7,11-15,24-26H,8-9H2,1-2H3/t11-,12-,13+,14?,15-,17?/m1/s1. The zero-order chi connectivity index (χ0) is 20.7. The summed E-state index contributed by atoms with van der Waals surface area (Å²) in [6.07, 6.45) is -11.4. The number of aryl methyl sites for hydroxylation is 1. The first kappa shape index (κ1) is 21.4. The number of rotatable bonds is 4. The minimum atomic E-state index is -5.06. The highest BCUT2D eigenvalue weighted by Crippen LogP contribution is 2.45. The molecule has 2 heterocycles. The Balaban J connectivity index is 1.84. The fraction of sp³-hybridized carbons (Fsp3) is 0.611. The summed E-state index contributed by atoms with van der Waals surface area (Å²) in [6, 6.07) is 7.53. The Hall–Kier alpha value is -1.33. The highest BCUT2D eigenvalue weighted by atomic mass is 32.2. The lowest BCUT2D eigenvalue weighted by atomic mass is 9.81. The van der Waals surface area contributed by atoms with Crippen LogP contribution in [-0.2, 0) is 11.2 Å². The number of aliphatic hydroxyl groups excluding tert-OH is 2. The maximum absolute atomic E-state index is 13.9. The lowest BCUT2D eigenvalue weighted by molar-refractivity contribution is -0.326. The van der Waals surface area contributed by atoms with Gasteiger partial charge in [0.2, 0.25) is 0 Å². The largest absolute Gasteiger partial charge is 0.419 e. The molecular weight excluding hydrogens is 397 g/mol. The van der Waals surface area contributed by atoms with Crippen molar-refractivity contribution < 1.29 is 33.2 Å². The van der Waals surface area contributed by atoms with Crippen LogP contribution >= 0.6 is 11.8 Å². The summed E-state index contributed by atoms with van der Waals surface area (Å²) in [5.41, 5.74) is -3.64. The predicted molar refractivity (Wildman–Crippen MR) is 98.9 cm³/mol. The zero-order valence-electron chi connectivity index (χ0n) is 15.4. The maximum Gasteiger partial charge on any atom is 0.419 e. The van der Waals surface area contributed by atoms with E-state index in [1.807, 2.05) is 0 Å². The quantitative estimate of drug-likeness (QED) is 0.683. The Morgan fingerprint density at radius 2 is 1.79 bits per heavy atom. The van der Waals surface area contributed by atoms with Gasteiger partial charge in [-0.15, -0.1) is 0 Å². The fourth-order valence-electron chi connectivity index (χ4n) is 3.38. The summed E-state index contributed by atoms with van der Waals surface area (Å²) in [6.45, 7) is 0. The molecule has 3 N–H and O–H groups in total. The molecule has 2 aliphatic heterocycles. The number of aliphatic hydroxyl groups is 3. The molecule has 3 rings (SSSR count). The number of halogens is 3. The third kappa shape index (κ3) is 3.88. The third-order valence-electron chi connectivity index (χ3n) is 5.03. The minimum Gasteiger partial charge on any atom is -0.388 e. The molecule has 0 aromatic heterocycles. The number of thioether (sulfide) groups is 1. The van der Waals surface area contributed by atoms with E-state index in [0.717, 1.165) is 11.8 Å². The van der Waals surface area contributed by atoms with Crippen molar-refractivity contribution in [1.82, 2.24) is 4.90 Å². The van der Waals surface area contributed by atoms with Crippen molar-refractivity contribution in [3.63, 3.8) is 0 Å². The summed E-state index contributed by atoms with van der Waals surface area (Å²) < 4.78 is 47.1. The van der Waals surface area contributed by atoms with Crippen LogP contribution in [0.3, 0.4) is 0 Å². The molecule has 1 aromatic rings. The molecule has 0 amide bonds. The Bertz CT molecular complexity index is 719. The molecule has 156 valence electrons. The van der Waals surface area contributed by atoms with Gasteiger partial charge in [-0.25, -0.2) is 0 Å². The molecule has 2 aliphatic rings. The van der Waals surface area contributed by atoms with Crippen LogP contribution in [0.2, 0.25) is 0 Å². The van der Waals surface area contributed by atoms with Gasteiger partial charge in [0.25, 0.3) is 0 Å². The SMILES string of the molecule is CN(C)C1=N[C@@H]2[C@@H](O)[C@H](O)C(C(O)(CCc3ccccc3)C(F)(F)F)O[C@@H]2S1. The van der Waals surface area contributed by atoms with Crippen molar-refractivity contribution >= 4 is 16.9 Å². The van der Waals surface area contributed by atoms with Crippen LogP contribution in [0.5, 0.6) is 0 Å². The van der Waals surface area contributed by atoms with Crippen LogP contribution in [0.4, 0.5) is 13.2 Å². The van der Waals surface area contributed by atoms with E-state index in [1.54, 1.807) is 49.3 Å². The van der Waals surface area contributed by atoms with Gasteiger partial charge >= 0.3 is 6.18 Å². The van der Waals surface area contributed by atoms with Crippen LogP contribution in [0.1, 0.15) is 12.0 Å². The normalized spacial score (nSPS) is 32.4. The number of ether oxygens (including phenoxy) is 1. The van der Waals surface area contributed by atoms with Gasteiger partial charge in [0, 0.05) is 14.1 Å². The molecule has 0 saturated carbocycles. The van der Waals surface area contributed by atoms with E-state index in [2.05, 4.69) is 4.99 Å². The topological polar surface area (TPSA) is 85.5 Å². The number of hydrogen-bond donors (Lipinski definition) is 3. The number of hydrogen-bond acceptors (Lipinski definition) is 7. The van der Waals surface area contributed by atoms with E-state index in [4.69, 9.17) is 4.74 Å². The average Bonchev–Trinajstić information content (AvgIpc) is 3.07. The number of benzene rings is 1. The molecule has 1 fully saturated rings. The summed E-state index contributed by atoms with van der Waals surface area (Å²) in [5, 5.41) is 31.9. The van der Waals surface area contributed by atoms with Crippen molar-refractivity contribution in [3.05, 3.63) is 35.9 Å². The van der Waals surface area contributed by atoms with Gasteiger partial charge in [0.15, 0.2) is 10.8 Å². The number of fused-ring (bicyclic) bond motifs is 1. The number of aliphatic imine (C=N–C) groups is 1. The fourth-order valence-corrected chi connectivity index (χ4v) is 4.52. The third-order valence-corrected chi connectivity index (χ3v) is 6.34. The first-order valence-electron chi connectivity index (χ1n) is 8.81. The van der Waals surface area contributed by atoms with Crippen molar-refractivity contribution in [2.45, 2.75) is 54.4 Å². The van der Waals surface area contributed by atoms with E-state index >= 15 is 0 Å². The monoisotopic (exact) mass is 420 g/mol. The number of alkyl halides is 3. The lowest BCUT2D eigenvalue weighted by Gasteiger charge is -2.46. The molecule has 2 unspecified atom stereocenters. The highest BCUT2D eigenvalue weighted by Gasteiger charge is 2.65. The Labute approximate surface area is 165 Å². The molecular formula is C18H23F3N2O4S. The molecule has 0 aliphatic carbocycles. The van der Waals surface area contributed by atoms with Gasteiger partial charge < -0.3 is 25.0 Å². The second-order valence-electron chi connectivity index (χ2n) is 7.23. The molecule has 0 radical (unpaired) electrons. The molecule has 0 bridgehead atoms. The molecule has 28 heavy (non-hydrogen) atoms. The highest BCUT2D eigenvalue weighted by molar-refractivity contribution is 8.14. The van der Waals surface area contributed by atoms with Crippen LogP contribution in [0, 0.1) is 0 Å². The summed E-state index contributed by atoms with van der Waals surface area (Å²) >= 11 is 1.06. The number of nitrogens with zero attached hydrogens (tertiary/aromatic N) is 2. The van der Waals surface area contributed by atoms with Gasteiger partial charge in [-0.1, -0.05) is 42.1 Å². The van der Waals surface area contributed by atoms with Crippen molar-refractivity contribution in [2.75, 3.05) is 14.1 Å². The molecule has 1 aromatic carbocycles. The van der Waals surface area contributed by atoms with Crippen molar-refractivity contribution in [3.8, 4) is 0 Å². The number of amidine groups is 1. The molecule has 1 saturated heterocycles. The van der Waals surface area contributed by atoms with Gasteiger partial charge in [-0.2, -0.15) is 13.2 Å². The summed E-state index contributed by atoms with van der Waals surface area (Å²) in [5.74, 6) is 0. The van der Waals surface area contributed by atoms with Crippen LogP contribution < -0.4 is 0 Å². The van der Waals surface area contributed by atoms with Crippen molar-refractivity contribution in [1.29, 1.82) is 0 Å². The van der Waals surface area contributed by atoms with E-state index in [9.17, 15) is 28.5 Å². The first-order chi connectivity index (χ1) is 13.0. The lowest BCUT2D eigenvalue weighted by Crippen LogP contribution is -2.67. The van der Waals surface area contributed by atoms with Gasteiger partial charge in [0.05, 0.1) is 0 Å². The van der Waals surface area contributed by atoms with E-state index < -0.39 is 48.0 Å². The predicted octanol–water partition coefficient (Wildman–Crippen LogP) is 1.39. The van der Waals surface area contributed by atoms with Gasteiger partial charge in [-0.3, -0.25) is 4.99 Å². The minimum absolute atomic E-state index is 0.0692. The second kappa shape index (κ2) is 7.83. The van der Waals surface area contributed by atoms with E-state index in [0.29, 0.717) is 10.7 Å². The maximum atomic E-state index is 13.9. The molecule has 0 spiro atoms. The molecule has 6 nitrogen and oxygen atoms in total. The zero-order valence-corrected chi connectivity index (χ0v) is 16.2. The molecule has 10 heteroatoms. The second-order valence-corrected chi connectivity index (χ2v) is 8.29. The van der Waals surface area contributed by atoms with Crippen LogP contribution in [0.25, 0.3) is 0 Å². The molecule has 6 atom stereocenters. The van der Waals surface area contributed by atoms with E-state index in [-0.39, 0.29) is 6.42 Å². The Kier molecular flexibility index (Phi) is 5.98. The summed E-state index contributed by atoms with van der Waals surface area (Å²) in [7, 11) is 3.41. The van der Waals surface area contributed by atoms with E-state index in [1.165, 1.54) is 0 Å². The Morgan fingerprint density at radius 3 is 2.36 bits per heavy atom. The summed E-state index contributed by atoms with van der Waals surface area (Å²) in [4.78, 5) is 5.87. The van der Waals surface area contributed by atoms with Crippen LogP contribution in [0.15, 0.2) is 35.3 Å². The first-order valence-corrected chi connectivity index (χ1v) is 9.69. The van der Waals surface area contributed by atoms with Gasteiger partial charge in [0.1, 0.15) is 29.8 Å². The average molecular weight is 420 g/mol. The smallest absolute Gasteiger partial charge is 0.388 e.